The van der Waals surface area contributed by atoms with Crippen LogP contribution in [0.5, 0.6) is 0 Å². The van der Waals surface area contributed by atoms with Gasteiger partial charge in [-0.3, -0.25) is 0 Å². The van der Waals surface area contributed by atoms with Crippen molar-refractivity contribution in [2.45, 2.75) is 13.3 Å². The van der Waals surface area contributed by atoms with Gasteiger partial charge in [0.15, 0.2) is 0 Å². The van der Waals surface area contributed by atoms with Crippen molar-refractivity contribution in [1.29, 1.82) is 32.5 Å². The van der Waals surface area contributed by atoms with Crippen molar-refractivity contribution in [3.63, 3.8) is 0 Å². The number of benzene rings is 3. The molecule has 3 aromatic carbocycles. The molecule has 12 nitrogen and oxygen atoms in total. The van der Waals surface area contributed by atoms with Crippen LogP contribution >= 0.6 is 0 Å². The van der Waals surface area contributed by atoms with E-state index in [9.17, 15) is 0 Å². The van der Waals surface area contributed by atoms with Crippen molar-refractivity contribution < 1.29 is 28.8 Å². The molecule has 0 fully saturated rings. The zero-order valence-electron chi connectivity index (χ0n) is 19.2. The molecule has 0 bridgehead atoms. The second-order valence-electron chi connectivity index (χ2n) is 5.28. The zero-order chi connectivity index (χ0) is 29.2. The summed E-state index contributed by atoms with van der Waals surface area (Å²) in [6.07, 6.45) is 4.50. The van der Waals surface area contributed by atoms with Crippen LogP contribution in [0.4, 0.5) is 0 Å². The number of hydrogen-bond acceptors (Lipinski definition) is 12. The van der Waals surface area contributed by atoms with Gasteiger partial charge < -0.3 is 0 Å². The maximum Gasteiger partial charge on any atom is 0.231 e. The molecule has 0 unspecified atom stereocenters. The van der Waals surface area contributed by atoms with Gasteiger partial charge in [0.2, 0.25) is 36.5 Å². The quantitative estimate of drug-likeness (QED) is 0.159. The molecule has 0 saturated carbocycles. The molecule has 0 atom stereocenters. The molecule has 0 aliphatic rings. The van der Waals surface area contributed by atoms with Gasteiger partial charge in [-0.1, -0.05) is 98.4 Å². The van der Waals surface area contributed by atoms with Crippen LogP contribution in [0, 0.1) is 32.5 Å². The van der Waals surface area contributed by atoms with E-state index in [-0.39, 0.29) is 7.43 Å². The molecule has 0 aliphatic heterocycles. The molecule has 196 valence electrons. The van der Waals surface area contributed by atoms with Crippen LogP contribution in [-0.4, -0.2) is 36.5 Å². The Bertz CT molecular complexity index is 966. The summed E-state index contributed by atoms with van der Waals surface area (Å²) >= 11 is 0. The van der Waals surface area contributed by atoms with E-state index < -0.39 is 0 Å². The first-order valence-corrected chi connectivity index (χ1v) is 9.32. The third kappa shape index (κ3) is 28.0. The van der Waals surface area contributed by atoms with E-state index in [0.29, 0.717) is 5.92 Å². The molecule has 3 rings (SSSR count). The lowest BCUT2D eigenvalue weighted by molar-refractivity contribution is 0.562. The van der Waals surface area contributed by atoms with Crippen molar-refractivity contribution in [3.8, 4) is 0 Å². The summed E-state index contributed by atoms with van der Waals surface area (Å²) in [4.78, 5) is 50.1. The Morgan fingerprint density at radius 3 is 0.632 bits per heavy atom. The minimum atomic E-state index is 0. The third-order valence-corrected chi connectivity index (χ3v) is 3.40. The zero-order valence-corrected chi connectivity index (χ0v) is 19.2. The highest BCUT2D eigenvalue weighted by atomic mass is 16.1. The maximum atomic E-state index is 8.35. The van der Waals surface area contributed by atoms with Crippen molar-refractivity contribution in [2.24, 2.45) is 0 Å². The van der Waals surface area contributed by atoms with Crippen LogP contribution in [0.3, 0.4) is 0 Å². The summed E-state index contributed by atoms with van der Waals surface area (Å²) in [5.41, 5.74) is 4.00. The predicted octanol–water partition coefficient (Wildman–Crippen LogP) is 4.91. The van der Waals surface area contributed by atoms with Crippen LogP contribution in [0.1, 0.15) is 30.0 Å². The molecule has 0 saturated heterocycles. The van der Waals surface area contributed by atoms with Gasteiger partial charge in [0.25, 0.3) is 0 Å². The number of rotatable bonds is 3. The summed E-state index contributed by atoms with van der Waals surface area (Å²) in [6.45, 7) is 0. The Kier molecular flexibility index (Phi) is 42.4. The summed E-state index contributed by atoms with van der Waals surface area (Å²) in [7, 11) is 0. The molecule has 0 radical (unpaired) electrons. The molecule has 0 amide bonds. The molecule has 38 heavy (non-hydrogen) atoms. The van der Waals surface area contributed by atoms with Gasteiger partial charge in [0, 0.05) is 5.92 Å². The van der Waals surface area contributed by atoms with Gasteiger partial charge in [0.1, 0.15) is 0 Å². The normalized spacial score (nSPS) is 6.55. The highest BCUT2D eigenvalue weighted by Gasteiger charge is 2.15. The van der Waals surface area contributed by atoms with Gasteiger partial charge in [-0.2, -0.15) is 0 Å². The van der Waals surface area contributed by atoms with E-state index >= 15 is 0 Å². The van der Waals surface area contributed by atoms with E-state index in [1.165, 1.54) is 16.7 Å². The predicted molar refractivity (Wildman–Crippen MR) is 137 cm³/mol. The monoisotopic (exact) mass is 518 g/mol. The lowest BCUT2D eigenvalue weighted by Gasteiger charge is -2.18. The molecule has 0 aliphatic carbocycles. The largest absolute Gasteiger partial charge is 0.231 e. The molecule has 6 N–H and O–H groups in total. The molecule has 0 heterocycles. The second kappa shape index (κ2) is 38.2. The first-order valence-electron chi connectivity index (χ1n) is 9.32. The standard InChI is InChI=1S/C19H16.6CHNO.CH4/c1-4-10-16(11-5-1)19(17-12-6-2-7-13-17)18-14-8-3-9-15-18;6*2-1-3;/h1-15,19H;6*2H;1H4. The molecular formula is C26H26N6O6. The lowest BCUT2D eigenvalue weighted by atomic mass is 9.85. The number of isocyanates is 6. The van der Waals surface area contributed by atoms with E-state index in [0.717, 1.165) is 36.5 Å². The average Bonchev–Trinajstić information content (AvgIpc) is 2.89. The minimum Gasteiger partial charge on any atom is -0.222 e. The third-order valence-electron chi connectivity index (χ3n) is 3.40. The first-order chi connectivity index (χ1) is 17.9. The van der Waals surface area contributed by atoms with E-state index in [1.807, 2.05) is 0 Å². The smallest absolute Gasteiger partial charge is 0.222 e. The van der Waals surface area contributed by atoms with E-state index in [2.05, 4.69) is 91.0 Å². The summed E-state index contributed by atoms with van der Waals surface area (Å²) in [5, 5.41) is 32.4. The van der Waals surface area contributed by atoms with Crippen molar-refractivity contribution in [2.75, 3.05) is 0 Å². The fourth-order valence-electron chi connectivity index (χ4n) is 2.51. The van der Waals surface area contributed by atoms with Gasteiger partial charge >= 0.3 is 0 Å². The molecule has 3 aromatic rings. The minimum absolute atomic E-state index is 0. The van der Waals surface area contributed by atoms with Gasteiger partial charge in [-0.15, -0.1) is 0 Å². The molecular weight excluding hydrogens is 492 g/mol. The molecule has 0 aromatic heterocycles. The Morgan fingerprint density at radius 1 is 0.368 bits per heavy atom. The second-order valence-corrected chi connectivity index (χ2v) is 5.28. The first kappa shape index (κ1) is 42.1. The molecule has 12 heteroatoms. The Morgan fingerprint density at radius 2 is 0.500 bits per heavy atom. The van der Waals surface area contributed by atoms with Crippen LogP contribution in [0.15, 0.2) is 91.0 Å². The Balaban J connectivity index is -0.000000159. The van der Waals surface area contributed by atoms with Gasteiger partial charge in [0.05, 0.1) is 0 Å². The molecule has 0 spiro atoms. The van der Waals surface area contributed by atoms with Crippen LogP contribution in [0.2, 0.25) is 0 Å². The van der Waals surface area contributed by atoms with Crippen molar-refractivity contribution >= 4 is 36.5 Å². The Hall–Kier alpha value is -6.06. The van der Waals surface area contributed by atoms with Crippen LogP contribution in [0.25, 0.3) is 0 Å². The number of nitrogens with one attached hydrogen (secondary N) is 6. The SMILES string of the molecule is C.N=C=O.N=C=O.N=C=O.N=C=O.N=C=O.N=C=O.c1ccc(C(c2ccccc2)c2ccccc2)cc1. The highest BCUT2D eigenvalue weighted by Crippen LogP contribution is 2.31. The summed E-state index contributed by atoms with van der Waals surface area (Å²) < 4.78 is 0. The number of hydrogen-bond donors (Lipinski definition) is 6. The highest BCUT2D eigenvalue weighted by molar-refractivity contribution is 5.42. The van der Waals surface area contributed by atoms with Gasteiger partial charge in [-0.05, 0) is 16.7 Å². The van der Waals surface area contributed by atoms with Crippen molar-refractivity contribution in [1.82, 2.24) is 0 Å². The topological polar surface area (TPSA) is 246 Å². The Labute approximate surface area is 219 Å². The van der Waals surface area contributed by atoms with Crippen LogP contribution < -0.4 is 0 Å². The van der Waals surface area contributed by atoms with E-state index in [4.69, 9.17) is 61.2 Å². The summed E-state index contributed by atoms with van der Waals surface area (Å²) in [6, 6.07) is 32.0. The van der Waals surface area contributed by atoms with Gasteiger partial charge in [-0.25, -0.2) is 61.2 Å². The van der Waals surface area contributed by atoms with E-state index in [1.54, 1.807) is 0 Å². The number of carbonyl (C=O) groups excluding carboxylic acids is 6. The maximum absolute atomic E-state index is 8.35. The lowest BCUT2D eigenvalue weighted by Crippen LogP contribution is -2.02. The fourth-order valence-corrected chi connectivity index (χ4v) is 2.51. The van der Waals surface area contributed by atoms with Crippen molar-refractivity contribution in [3.05, 3.63) is 108 Å². The fraction of sp³-hybridized carbons (Fsp3) is 0.0769. The average molecular weight is 519 g/mol. The van der Waals surface area contributed by atoms with Crippen LogP contribution in [-0.2, 0) is 28.8 Å². The summed E-state index contributed by atoms with van der Waals surface area (Å²) in [5.74, 6) is 0.309.